The van der Waals surface area contributed by atoms with E-state index in [1.807, 2.05) is 18.2 Å². The molecule has 0 amide bonds. The van der Waals surface area contributed by atoms with Crippen LogP contribution in [0.4, 0.5) is 17.1 Å². The van der Waals surface area contributed by atoms with Gasteiger partial charge in [0.05, 0.1) is 11.4 Å². The lowest BCUT2D eigenvalue weighted by molar-refractivity contribution is 0.595. The van der Waals surface area contributed by atoms with E-state index in [-0.39, 0.29) is 0 Å². The number of hydrogen-bond acceptors (Lipinski definition) is 3. The van der Waals surface area contributed by atoms with E-state index in [1.54, 1.807) is 0 Å². The Labute approximate surface area is 174 Å². The topological polar surface area (TPSA) is 55.3 Å². The monoisotopic (exact) mass is 387 g/mol. The molecule has 0 heterocycles. The Morgan fingerprint density at radius 1 is 0.750 bits per heavy atom. The third-order valence-corrected chi connectivity index (χ3v) is 5.47. The quantitative estimate of drug-likeness (QED) is 0.167. The highest BCUT2D eigenvalue weighted by molar-refractivity contribution is 5.71. The summed E-state index contributed by atoms with van der Waals surface area (Å²) in [5.74, 6) is 0. The number of allylic oxidation sites excluding steroid dienone is 2. The van der Waals surface area contributed by atoms with Gasteiger partial charge in [0.15, 0.2) is 0 Å². The molecule has 4 N–H and O–H groups in total. The molecule has 0 aliphatic carbocycles. The van der Waals surface area contributed by atoms with Crippen LogP contribution in [-0.2, 0) is 0 Å². The van der Waals surface area contributed by atoms with E-state index in [4.69, 9.17) is 11.5 Å². The lowest BCUT2D eigenvalue weighted by Crippen LogP contribution is -2.19. The molecule has 0 aliphatic heterocycles. The Kier molecular flexibility index (Phi) is 14.2. The normalized spacial score (nSPS) is 11.4. The van der Waals surface area contributed by atoms with Gasteiger partial charge in [-0.25, -0.2) is 0 Å². The summed E-state index contributed by atoms with van der Waals surface area (Å²) in [6.07, 6.45) is 23.6. The fourth-order valence-corrected chi connectivity index (χ4v) is 3.64. The molecule has 3 heteroatoms. The van der Waals surface area contributed by atoms with Gasteiger partial charge < -0.3 is 16.4 Å². The van der Waals surface area contributed by atoms with Crippen LogP contribution in [0.3, 0.4) is 0 Å². The van der Waals surface area contributed by atoms with Crippen LogP contribution < -0.4 is 16.4 Å². The first-order valence-corrected chi connectivity index (χ1v) is 11.7. The van der Waals surface area contributed by atoms with E-state index in [9.17, 15) is 0 Å². The number of rotatable bonds is 17. The molecule has 1 aromatic rings. The van der Waals surface area contributed by atoms with Crippen molar-refractivity contribution in [2.75, 3.05) is 30.0 Å². The first-order chi connectivity index (χ1) is 13.6. The second-order valence-corrected chi connectivity index (χ2v) is 8.18. The maximum atomic E-state index is 6.06. The Morgan fingerprint density at radius 3 is 1.86 bits per heavy atom. The third-order valence-electron chi connectivity index (χ3n) is 5.47. The highest BCUT2D eigenvalue weighted by Gasteiger charge is 2.05. The smallest absolute Gasteiger partial charge is 0.0598 e. The van der Waals surface area contributed by atoms with Crippen molar-refractivity contribution in [3.63, 3.8) is 0 Å². The van der Waals surface area contributed by atoms with Gasteiger partial charge in [-0.2, -0.15) is 0 Å². The molecule has 0 fully saturated rings. The van der Waals surface area contributed by atoms with Crippen LogP contribution in [0.5, 0.6) is 0 Å². The van der Waals surface area contributed by atoms with Crippen molar-refractivity contribution in [2.24, 2.45) is 0 Å². The standard InChI is InChI=1S/C25H45N3/c1-3-4-5-6-7-8-9-10-11-12-13-14-15-16-17-18-21-28(2)25-20-19-23(26)22-24(25)27/h10-11,19-20,22H,3-9,12-18,21,26-27H2,1-2H3/b11-10-. The van der Waals surface area contributed by atoms with E-state index in [0.29, 0.717) is 0 Å². The Balaban J connectivity index is 1.90. The van der Waals surface area contributed by atoms with E-state index >= 15 is 0 Å². The molecule has 1 aromatic carbocycles. The Morgan fingerprint density at radius 2 is 1.29 bits per heavy atom. The molecule has 0 aliphatic rings. The predicted molar refractivity (Wildman–Crippen MR) is 128 cm³/mol. The number of anilines is 3. The van der Waals surface area contributed by atoms with E-state index in [2.05, 4.69) is 31.0 Å². The highest BCUT2D eigenvalue weighted by atomic mass is 15.1. The number of benzene rings is 1. The van der Waals surface area contributed by atoms with Crippen LogP contribution in [-0.4, -0.2) is 13.6 Å². The predicted octanol–water partition coefficient (Wildman–Crippen LogP) is 7.32. The maximum Gasteiger partial charge on any atom is 0.0598 e. The molecule has 3 nitrogen and oxygen atoms in total. The van der Waals surface area contributed by atoms with Crippen molar-refractivity contribution in [1.29, 1.82) is 0 Å². The van der Waals surface area contributed by atoms with Gasteiger partial charge in [-0.3, -0.25) is 0 Å². The summed E-state index contributed by atoms with van der Waals surface area (Å²) in [6, 6.07) is 5.78. The minimum absolute atomic E-state index is 0.729. The van der Waals surface area contributed by atoms with Crippen LogP contribution >= 0.6 is 0 Å². The summed E-state index contributed by atoms with van der Waals surface area (Å²) in [4.78, 5) is 2.24. The summed E-state index contributed by atoms with van der Waals surface area (Å²) in [7, 11) is 2.11. The fraction of sp³-hybridized carbons (Fsp3) is 0.680. The summed E-state index contributed by atoms with van der Waals surface area (Å²) in [6.45, 7) is 3.33. The lowest BCUT2D eigenvalue weighted by atomic mass is 10.1. The molecular weight excluding hydrogens is 342 g/mol. The molecular formula is C25H45N3. The number of unbranched alkanes of at least 4 members (excludes halogenated alkanes) is 12. The van der Waals surface area contributed by atoms with Crippen LogP contribution in [0, 0.1) is 0 Å². The second-order valence-electron chi connectivity index (χ2n) is 8.18. The van der Waals surface area contributed by atoms with E-state index in [1.165, 1.54) is 89.9 Å². The lowest BCUT2D eigenvalue weighted by Gasteiger charge is -2.21. The van der Waals surface area contributed by atoms with Gasteiger partial charge in [0.1, 0.15) is 0 Å². The molecule has 0 aromatic heterocycles. The molecule has 1 rings (SSSR count). The van der Waals surface area contributed by atoms with Gasteiger partial charge in [0.25, 0.3) is 0 Å². The summed E-state index contributed by atoms with van der Waals surface area (Å²) in [5, 5.41) is 0. The number of hydrogen-bond donors (Lipinski definition) is 2. The van der Waals surface area contributed by atoms with Gasteiger partial charge in [0, 0.05) is 19.3 Å². The third kappa shape index (κ3) is 11.9. The molecule has 0 saturated heterocycles. The van der Waals surface area contributed by atoms with Crippen molar-refractivity contribution < 1.29 is 0 Å². The summed E-state index contributed by atoms with van der Waals surface area (Å²) >= 11 is 0. The fourth-order valence-electron chi connectivity index (χ4n) is 3.64. The SMILES string of the molecule is CCCCCCCC/C=C\CCCCCCCCN(C)c1ccc(N)cc1N. The molecule has 160 valence electrons. The Bertz CT molecular complexity index is 525. The van der Waals surface area contributed by atoms with E-state index < -0.39 is 0 Å². The second kappa shape index (κ2) is 16.3. The molecule has 28 heavy (non-hydrogen) atoms. The Hall–Kier alpha value is -1.64. The average molecular weight is 388 g/mol. The summed E-state index contributed by atoms with van der Waals surface area (Å²) in [5.41, 5.74) is 14.4. The van der Waals surface area contributed by atoms with Crippen LogP contribution in [0.2, 0.25) is 0 Å². The van der Waals surface area contributed by atoms with Crippen LogP contribution in [0.15, 0.2) is 30.4 Å². The number of nitrogens with zero attached hydrogens (tertiary/aromatic N) is 1. The first kappa shape index (κ1) is 24.4. The van der Waals surface area contributed by atoms with Gasteiger partial charge >= 0.3 is 0 Å². The van der Waals surface area contributed by atoms with E-state index in [0.717, 1.165) is 23.6 Å². The zero-order valence-electron chi connectivity index (χ0n) is 18.6. The van der Waals surface area contributed by atoms with Gasteiger partial charge in [-0.05, 0) is 50.3 Å². The van der Waals surface area contributed by atoms with Gasteiger partial charge in [0.2, 0.25) is 0 Å². The molecule has 0 bridgehead atoms. The van der Waals surface area contributed by atoms with Crippen LogP contribution in [0.25, 0.3) is 0 Å². The molecule has 0 atom stereocenters. The molecule has 0 spiro atoms. The van der Waals surface area contributed by atoms with Crippen molar-refractivity contribution in [1.82, 2.24) is 0 Å². The molecule has 0 saturated carbocycles. The molecule has 0 radical (unpaired) electrons. The van der Waals surface area contributed by atoms with Gasteiger partial charge in [-0.15, -0.1) is 0 Å². The highest BCUT2D eigenvalue weighted by Crippen LogP contribution is 2.24. The number of nitrogen functional groups attached to an aromatic ring is 2. The van der Waals surface area contributed by atoms with Crippen molar-refractivity contribution in [2.45, 2.75) is 96.8 Å². The van der Waals surface area contributed by atoms with Crippen molar-refractivity contribution >= 4 is 17.1 Å². The summed E-state index contributed by atoms with van der Waals surface area (Å²) < 4.78 is 0. The van der Waals surface area contributed by atoms with Crippen molar-refractivity contribution in [3.05, 3.63) is 30.4 Å². The number of nitrogens with two attached hydrogens (primary N) is 2. The minimum atomic E-state index is 0.729. The average Bonchev–Trinajstić information content (AvgIpc) is 2.67. The van der Waals surface area contributed by atoms with Crippen molar-refractivity contribution in [3.8, 4) is 0 Å². The zero-order chi connectivity index (χ0) is 20.5. The van der Waals surface area contributed by atoms with Gasteiger partial charge in [-0.1, -0.05) is 76.9 Å². The molecule has 0 unspecified atom stereocenters. The first-order valence-electron chi connectivity index (χ1n) is 11.7. The maximum absolute atomic E-state index is 6.06. The minimum Gasteiger partial charge on any atom is -0.399 e. The largest absolute Gasteiger partial charge is 0.399 e. The van der Waals surface area contributed by atoms with Crippen LogP contribution in [0.1, 0.15) is 96.8 Å². The zero-order valence-corrected chi connectivity index (χ0v) is 18.6.